The van der Waals surface area contributed by atoms with Crippen LogP contribution < -0.4 is 5.32 Å². The second-order valence-electron chi connectivity index (χ2n) is 6.95. The van der Waals surface area contributed by atoms with Crippen LogP contribution in [0.1, 0.15) is 28.8 Å². The first-order valence-corrected chi connectivity index (χ1v) is 9.42. The smallest absolute Gasteiger partial charge is 0.339 e. The minimum atomic E-state index is -0.563. The van der Waals surface area contributed by atoms with Gasteiger partial charge in [0.05, 0.1) is 5.56 Å². The highest BCUT2D eigenvalue weighted by Gasteiger charge is 2.38. The van der Waals surface area contributed by atoms with Gasteiger partial charge in [0, 0.05) is 12.8 Å². The molecule has 136 valence electrons. The number of hydrogen-bond acceptors (Lipinski definition) is 3. The first-order chi connectivity index (χ1) is 13.3. The molecule has 4 rings (SSSR count). The van der Waals surface area contributed by atoms with E-state index in [0.29, 0.717) is 5.56 Å². The highest BCUT2D eigenvalue weighted by atomic mass is 16.6. The Kier molecular flexibility index (Phi) is 5.03. The summed E-state index contributed by atoms with van der Waals surface area (Å²) in [7, 11) is 0. The van der Waals surface area contributed by atoms with Crippen LogP contribution in [0.25, 0.3) is 11.1 Å². The van der Waals surface area contributed by atoms with E-state index in [1.54, 1.807) is 0 Å². The van der Waals surface area contributed by atoms with E-state index in [-0.39, 0.29) is 5.97 Å². The number of rotatable bonds is 4. The fourth-order valence-electron chi connectivity index (χ4n) is 3.71. The average Bonchev–Trinajstić information content (AvgIpc) is 2.76. The van der Waals surface area contributed by atoms with Gasteiger partial charge in [-0.1, -0.05) is 72.8 Å². The van der Waals surface area contributed by atoms with Crippen molar-refractivity contribution in [3.8, 4) is 11.1 Å². The number of nitrogens with one attached hydrogen (secondary N) is 1. The van der Waals surface area contributed by atoms with Crippen LogP contribution in [0, 0.1) is 0 Å². The summed E-state index contributed by atoms with van der Waals surface area (Å²) in [4.78, 5) is 13.0. The fourth-order valence-corrected chi connectivity index (χ4v) is 3.71. The molecule has 0 aromatic heterocycles. The molecule has 1 heterocycles. The Labute approximate surface area is 160 Å². The van der Waals surface area contributed by atoms with E-state index in [1.807, 2.05) is 72.8 Å². The minimum Gasteiger partial charge on any atom is -0.450 e. The number of piperidine rings is 1. The largest absolute Gasteiger partial charge is 0.450 e. The van der Waals surface area contributed by atoms with Gasteiger partial charge in [-0.3, -0.25) is 0 Å². The molecule has 1 aliphatic heterocycles. The molecule has 0 spiro atoms. The number of benzene rings is 3. The summed E-state index contributed by atoms with van der Waals surface area (Å²) >= 11 is 0. The second-order valence-corrected chi connectivity index (χ2v) is 6.95. The average molecular weight is 357 g/mol. The molecule has 1 N–H and O–H groups in total. The molecule has 0 atom stereocenters. The van der Waals surface area contributed by atoms with Crippen molar-refractivity contribution in [1.29, 1.82) is 0 Å². The summed E-state index contributed by atoms with van der Waals surface area (Å²) in [5.74, 6) is -0.265. The zero-order valence-electron chi connectivity index (χ0n) is 15.2. The van der Waals surface area contributed by atoms with Gasteiger partial charge >= 0.3 is 5.97 Å². The predicted molar refractivity (Wildman–Crippen MR) is 108 cm³/mol. The maximum atomic E-state index is 13.0. The molecule has 0 amide bonds. The van der Waals surface area contributed by atoms with Gasteiger partial charge in [0.25, 0.3) is 0 Å². The van der Waals surface area contributed by atoms with Gasteiger partial charge in [-0.05, 0) is 41.9 Å². The summed E-state index contributed by atoms with van der Waals surface area (Å²) < 4.78 is 6.16. The van der Waals surface area contributed by atoms with Gasteiger partial charge < -0.3 is 10.1 Å². The lowest BCUT2D eigenvalue weighted by atomic mass is 9.84. The lowest BCUT2D eigenvalue weighted by molar-refractivity contribution is -0.0378. The Morgan fingerprint density at radius 2 is 1.41 bits per heavy atom. The standard InChI is InChI=1S/C24H23NO2/c26-23(21-11-7-10-20(18-21)19-8-3-1-4-9-19)27-24(14-16-25-17-15-24)22-12-5-2-6-13-22/h1-13,18,25H,14-17H2. The van der Waals surface area contributed by atoms with E-state index >= 15 is 0 Å². The molecule has 3 heteroatoms. The van der Waals surface area contributed by atoms with Gasteiger partial charge in [0.15, 0.2) is 0 Å². The molecule has 1 saturated heterocycles. The maximum Gasteiger partial charge on any atom is 0.339 e. The molecule has 1 fully saturated rings. The first kappa shape index (κ1) is 17.5. The van der Waals surface area contributed by atoms with E-state index in [0.717, 1.165) is 42.6 Å². The Hall–Kier alpha value is -2.91. The molecule has 0 radical (unpaired) electrons. The van der Waals surface area contributed by atoms with Crippen molar-refractivity contribution in [3.05, 3.63) is 96.1 Å². The van der Waals surface area contributed by atoms with E-state index in [1.165, 1.54) is 0 Å². The third-order valence-electron chi connectivity index (χ3n) is 5.20. The third-order valence-corrected chi connectivity index (χ3v) is 5.20. The van der Waals surface area contributed by atoms with Crippen LogP contribution in [0.3, 0.4) is 0 Å². The van der Waals surface area contributed by atoms with Gasteiger partial charge in [0.1, 0.15) is 5.60 Å². The van der Waals surface area contributed by atoms with E-state index < -0.39 is 5.60 Å². The highest BCUT2D eigenvalue weighted by Crippen LogP contribution is 2.36. The topological polar surface area (TPSA) is 38.3 Å². The Balaban J connectivity index is 1.62. The number of hydrogen-bond donors (Lipinski definition) is 1. The zero-order valence-corrected chi connectivity index (χ0v) is 15.2. The monoisotopic (exact) mass is 357 g/mol. The Morgan fingerprint density at radius 1 is 0.778 bits per heavy atom. The van der Waals surface area contributed by atoms with E-state index in [2.05, 4.69) is 17.4 Å². The Morgan fingerprint density at radius 3 is 2.11 bits per heavy atom. The van der Waals surface area contributed by atoms with Crippen LogP contribution in [-0.4, -0.2) is 19.1 Å². The van der Waals surface area contributed by atoms with Crippen molar-refractivity contribution in [2.24, 2.45) is 0 Å². The van der Waals surface area contributed by atoms with Gasteiger partial charge in [0.2, 0.25) is 0 Å². The van der Waals surface area contributed by atoms with Crippen LogP contribution in [0.15, 0.2) is 84.9 Å². The van der Waals surface area contributed by atoms with Crippen molar-refractivity contribution in [1.82, 2.24) is 5.32 Å². The zero-order chi connectivity index (χ0) is 18.5. The molecule has 0 aliphatic carbocycles. The summed E-state index contributed by atoms with van der Waals surface area (Å²) in [5, 5.41) is 3.36. The predicted octanol–water partition coefficient (Wildman–Crippen LogP) is 4.79. The van der Waals surface area contributed by atoms with Gasteiger partial charge in [-0.2, -0.15) is 0 Å². The fraction of sp³-hybridized carbons (Fsp3) is 0.208. The normalized spacial score (nSPS) is 15.9. The minimum absolute atomic E-state index is 0.265. The van der Waals surface area contributed by atoms with E-state index in [9.17, 15) is 4.79 Å². The molecule has 3 aromatic rings. The van der Waals surface area contributed by atoms with Crippen molar-refractivity contribution in [3.63, 3.8) is 0 Å². The highest BCUT2D eigenvalue weighted by molar-refractivity contribution is 5.91. The SMILES string of the molecule is O=C(OC1(c2ccccc2)CCNCC1)c1cccc(-c2ccccc2)c1. The molecule has 3 aromatic carbocycles. The lowest BCUT2D eigenvalue weighted by Crippen LogP contribution is -2.43. The molecule has 1 aliphatic rings. The molecule has 27 heavy (non-hydrogen) atoms. The second kappa shape index (κ2) is 7.77. The molecular weight excluding hydrogens is 334 g/mol. The maximum absolute atomic E-state index is 13.0. The summed E-state index contributed by atoms with van der Waals surface area (Å²) in [6.45, 7) is 1.68. The van der Waals surface area contributed by atoms with Crippen LogP contribution in [0.4, 0.5) is 0 Å². The van der Waals surface area contributed by atoms with Crippen LogP contribution in [-0.2, 0) is 10.3 Å². The third kappa shape index (κ3) is 3.79. The number of esters is 1. The molecule has 0 bridgehead atoms. The number of carbonyl (C=O) groups excluding carboxylic acids is 1. The molecule has 3 nitrogen and oxygen atoms in total. The quantitative estimate of drug-likeness (QED) is 0.682. The van der Waals surface area contributed by atoms with Gasteiger partial charge in [-0.25, -0.2) is 4.79 Å². The van der Waals surface area contributed by atoms with Crippen molar-refractivity contribution >= 4 is 5.97 Å². The van der Waals surface area contributed by atoms with Gasteiger partial charge in [-0.15, -0.1) is 0 Å². The summed E-state index contributed by atoms with van der Waals surface area (Å²) in [6.07, 6.45) is 1.56. The lowest BCUT2D eigenvalue weighted by Gasteiger charge is -2.37. The first-order valence-electron chi connectivity index (χ1n) is 9.42. The van der Waals surface area contributed by atoms with Crippen molar-refractivity contribution < 1.29 is 9.53 Å². The van der Waals surface area contributed by atoms with Crippen LogP contribution in [0.2, 0.25) is 0 Å². The van der Waals surface area contributed by atoms with Crippen molar-refractivity contribution in [2.45, 2.75) is 18.4 Å². The Bertz CT molecular complexity index is 900. The number of ether oxygens (including phenoxy) is 1. The summed E-state index contributed by atoms with van der Waals surface area (Å²) in [6, 6.07) is 27.9. The molecule has 0 saturated carbocycles. The number of carbonyl (C=O) groups is 1. The van der Waals surface area contributed by atoms with Crippen LogP contribution in [0.5, 0.6) is 0 Å². The van der Waals surface area contributed by atoms with E-state index in [4.69, 9.17) is 4.74 Å². The van der Waals surface area contributed by atoms with Crippen LogP contribution >= 0.6 is 0 Å². The molecule has 0 unspecified atom stereocenters. The molecular formula is C24H23NO2. The summed E-state index contributed by atoms with van der Waals surface area (Å²) in [5.41, 5.74) is 3.20. The van der Waals surface area contributed by atoms with Crippen molar-refractivity contribution in [2.75, 3.05) is 13.1 Å².